The van der Waals surface area contributed by atoms with Crippen LogP contribution in [0.25, 0.3) is 5.65 Å². The molecule has 1 aliphatic carbocycles. The van der Waals surface area contributed by atoms with Crippen molar-refractivity contribution in [1.29, 1.82) is 0 Å². The molecular formula is C14H14N4O2. The number of carbonyl (C=O) groups excluding carboxylic acids is 1. The number of rotatable bonds is 2. The van der Waals surface area contributed by atoms with Crippen molar-refractivity contribution in [1.82, 2.24) is 19.7 Å². The van der Waals surface area contributed by atoms with Crippen molar-refractivity contribution < 1.29 is 9.63 Å². The standard InChI is InChI=1S/C14H14N4O2/c1-9-7-17(20-8-9)14(19)12-6-11(10-2-3-10)16-13-4-5-15-18(12)13/h4-6,10H,1-3,7-8H2. The van der Waals surface area contributed by atoms with Gasteiger partial charge in [-0.05, 0) is 24.5 Å². The summed E-state index contributed by atoms with van der Waals surface area (Å²) < 4.78 is 1.57. The molecule has 20 heavy (non-hydrogen) atoms. The van der Waals surface area contributed by atoms with Gasteiger partial charge in [0, 0.05) is 17.7 Å². The molecule has 2 aliphatic rings. The lowest BCUT2D eigenvalue weighted by Crippen LogP contribution is -2.29. The molecule has 102 valence electrons. The summed E-state index contributed by atoms with van der Waals surface area (Å²) in [6, 6.07) is 3.65. The molecule has 1 aliphatic heterocycles. The van der Waals surface area contributed by atoms with E-state index in [1.807, 2.05) is 12.1 Å². The van der Waals surface area contributed by atoms with Crippen LogP contribution < -0.4 is 0 Å². The number of amides is 1. The molecule has 2 aromatic heterocycles. The van der Waals surface area contributed by atoms with Crippen molar-refractivity contribution in [3.05, 3.63) is 41.9 Å². The molecule has 1 saturated carbocycles. The summed E-state index contributed by atoms with van der Waals surface area (Å²) in [6.07, 6.45) is 3.93. The highest BCUT2D eigenvalue weighted by atomic mass is 16.7. The first-order valence-corrected chi connectivity index (χ1v) is 6.68. The van der Waals surface area contributed by atoms with E-state index in [9.17, 15) is 4.79 Å². The zero-order valence-electron chi connectivity index (χ0n) is 11.0. The van der Waals surface area contributed by atoms with E-state index >= 15 is 0 Å². The van der Waals surface area contributed by atoms with Gasteiger partial charge in [0.1, 0.15) is 5.69 Å². The van der Waals surface area contributed by atoms with E-state index in [0.717, 1.165) is 24.1 Å². The minimum Gasteiger partial charge on any atom is -0.266 e. The Hall–Kier alpha value is -2.21. The molecule has 0 N–H and O–H groups in total. The van der Waals surface area contributed by atoms with Crippen molar-refractivity contribution >= 4 is 11.6 Å². The van der Waals surface area contributed by atoms with Crippen molar-refractivity contribution in [2.45, 2.75) is 18.8 Å². The van der Waals surface area contributed by atoms with E-state index in [0.29, 0.717) is 30.4 Å². The Morgan fingerprint density at radius 1 is 1.45 bits per heavy atom. The summed E-state index contributed by atoms with van der Waals surface area (Å²) >= 11 is 0. The lowest BCUT2D eigenvalue weighted by atomic mass is 10.2. The van der Waals surface area contributed by atoms with Crippen molar-refractivity contribution in [3.8, 4) is 0 Å². The average molecular weight is 270 g/mol. The largest absolute Gasteiger partial charge is 0.296 e. The van der Waals surface area contributed by atoms with E-state index in [2.05, 4.69) is 16.7 Å². The van der Waals surface area contributed by atoms with Gasteiger partial charge in [0.15, 0.2) is 5.65 Å². The minimum absolute atomic E-state index is 0.193. The van der Waals surface area contributed by atoms with Gasteiger partial charge in [-0.25, -0.2) is 14.6 Å². The van der Waals surface area contributed by atoms with Gasteiger partial charge in [-0.2, -0.15) is 5.10 Å². The van der Waals surface area contributed by atoms with Crippen LogP contribution >= 0.6 is 0 Å². The van der Waals surface area contributed by atoms with E-state index in [1.54, 1.807) is 10.7 Å². The summed E-state index contributed by atoms with van der Waals surface area (Å²) in [5.41, 5.74) is 3.07. The molecule has 6 heteroatoms. The van der Waals surface area contributed by atoms with Crippen LogP contribution in [0.4, 0.5) is 0 Å². The Morgan fingerprint density at radius 3 is 3.00 bits per heavy atom. The fourth-order valence-corrected chi connectivity index (χ4v) is 2.39. The van der Waals surface area contributed by atoms with Gasteiger partial charge in [0.2, 0.25) is 0 Å². The lowest BCUT2D eigenvalue weighted by molar-refractivity contribution is -0.0769. The first kappa shape index (κ1) is 11.6. The molecule has 0 aromatic carbocycles. The molecule has 4 rings (SSSR count). The van der Waals surface area contributed by atoms with E-state index in [-0.39, 0.29) is 5.91 Å². The highest BCUT2D eigenvalue weighted by molar-refractivity contribution is 5.92. The predicted molar refractivity (Wildman–Crippen MR) is 71.1 cm³/mol. The maximum absolute atomic E-state index is 12.6. The summed E-state index contributed by atoms with van der Waals surface area (Å²) in [5, 5.41) is 5.52. The van der Waals surface area contributed by atoms with Crippen molar-refractivity contribution in [2.75, 3.05) is 13.2 Å². The molecule has 2 fully saturated rings. The van der Waals surface area contributed by atoms with Gasteiger partial charge in [-0.1, -0.05) is 6.58 Å². The van der Waals surface area contributed by atoms with Crippen LogP contribution in [0.5, 0.6) is 0 Å². The predicted octanol–water partition coefficient (Wildman–Crippen LogP) is 1.55. The molecule has 0 atom stereocenters. The SMILES string of the molecule is C=C1CON(C(=O)c2cc(C3CC3)nc3ccnn23)C1. The van der Waals surface area contributed by atoms with Crippen LogP contribution in [0.2, 0.25) is 0 Å². The van der Waals surface area contributed by atoms with E-state index in [1.165, 1.54) is 5.06 Å². The van der Waals surface area contributed by atoms with Crippen LogP contribution in [0, 0.1) is 0 Å². The van der Waals surface area contributed by atoms with Gasteiger partial charge >= 0.3 is 0 Å². The Kier molecular flexibility index (Phi) is 2.40. The fourth-order valence-electron chi connectivity index (χ4n) is 2.39. The molecule has 0 radical (unpaired) electrons. The maximum Gasteiger partial charge on any atom is 0.296 e. The summed E-state index contributed by atoms with van der Waals surface area (Å²) in [5.74, 6) is 0.289. The number of hydrogen-bond acceptors (Lipinski definition) is 4. The van der Waals surface area contributed by atoms with E-state index < -0.39 is 0 Å². The third kappa shape index (κ3) is 1.80. The average Bonchev–Trinajstić information content (AvgIpc) is 3.03. The third-order valence-corrected chi connectivity index (χ3v) is 3.61. The molecular weight excluding hydrogens is 256 g/mol. The minimum atomic E-state index is -0.193. The quantitative estimate of drug-likeness (QED) is 0.777. The molecule has 1 saturated heterocycles. The monoisotopic (exact) mass is 270 g/mol. The van der Waals surface area contributed by atoms with Crippen molar-refractivity contribution in [3.63, 3.8) is 0 Å². The second-order valence-electron chi connectivity index (χ2n) is 5.31. The van der Waals surface area contributed by atoms with Gasteiger partial charge < -0.3 is 0 Å². The Bertz CT molecular complexity index is 717. The van der Waals surface area contributed by atoms with Crippen LogP contribution in [0.3, 0.4) is 0 Å². The smallest absolute Gasteiger partial charge is 0.266 e. The Balaban J connectivity index is 1.79. The van der Waals surface area contributed by atoms with Gasteiger partial charge in [0.25, 0.3) is 5.91 Å². The van der Waals surface area contributed by atoms with Crippen LogP contribution in [0.15, 0.2) is 30.5 Å². The van der Waals surface area contributed by atoms with E-state index in [4.69, 9.17) is 4.84 Å². The van der Waals surface area contributed by atoms with Gasteiger partial charge in [-0.15, -0.1) is 0 Å². The second-order valence-corrected chi connectivity index (χ2v) is 5.31. The number of nitrogens with zero attached hydrogens (tertiary/aromatic N) is 4. The summed E-state index contributed by atoms with van der Waals surface area (Å²) in [7, 11) is 0. The number of aromatic nitrogens is 3. The van der Waals surface area contributed by atoms with Crippen LogP contribution in [0.1, 0.15) is 34.9 Å². The second kappa shape index (κ2) is 4.14. The molecule has 0 spiro atoms. The number of hydrogen-bond donors (Lipinski definition) is 0. The number of carbonyl (C=O) groups is 1. The highest BCUT2D eigenvalue weighted by Crippen LogP contribution is 2.39. The summed E-state index contributed by atoms with van der Waals surface area (Å²) in [4.78, 5) is 22.5. The topological polar surface area (TPSA) is 59.7 Å². The maximum atomic E-state index is 12.6. The lowest BCUT2D eigenvalue weighted by Gasteiger charge is -2.14. The number of hydroxylamine groups is 2. The zero-order valence-corrected chi connectivity index (χ0v) is 11.0. The highest BCUT2D eigenvalue weighted by Gasteiger charge is 2.30. The fraction of sp³-hybridized carbons (Fsp3) is 0.357. The third-order valence-electron chi connectivity index (χ3n) is 3.61. The molecule has 6 nitrogen and oxygen atoms in total. The van der Waals surface area contributed by atoms with Crippen LogP contribution in [-0.2, 0) is 4.84 Å². The number of fused-ring (bicyclic) bond motifs is 1. The molecule has 2 aromatic rings. The molecule has 0 bridgehead atoms. The van der Waals surface area contributed by atoms with Gasteiger partial charge in [0.05, 0.1) is 19.3 Å². The van der Waals surface area contributed by atoms with Crippen LogP contribution in [-0.4, -0.2) is 38.7 Å². The normalized spacial score (nSPS) is 19.0. The molecule has 3 heterocycles. The zero-order chi connectivity index (χ0) is 13.7. The van der Waals surface area contributed by atoms with Crippen molar-refractivity contribution in [2.24, 2.45) is 0 Å². The first-order chi connectivity index (χ1) is 9.72. The van der Waals surface area contributed by atoms with Gasteiger partial charge in [-0.3, -0.25) is 9.63 Å². The first-order valence-electron chi connectivity index (χ1n) is 6.68. The molecule has 0 unspecified atom stereocenters. The Labute approximate surface area is 115 Å². The Morgan fingerprint density at radius 2 is 2.30 bits per heavy atom. The molecule has 1 amide bonds. The summed E-state index contributed by atoms with van der Waals surface area (Å²) in [6.45, 7) is 4.67.